The first kappa shape index (κ1) is 14.3. The molecule has 1 N–H and O–H groups in total. The SMILES string of the molecule is CCCNC(Cn1cnc2ccccc21)c1ccsc1C. The Bertz CT molecular complexity index is 713. The van der Waals surface area contributed by atoms with Gasteiger partial charge in [-0.3, -0.25) is 0 Å². The molecule has 0 aliphatic carbocycles. The molecule has 2 heterocycles. The average Bonchev–Trinajstić information content (AvgIpc) is 3.10. The smallest absolute Gasteiger partial charge is 0.0958 e. The third-order valence-electron chi connectivity index (χ3n) is 3.82. The van der Waals surface area contributed by atoms with Crippen LogP contribution in [0.4, 0.5) is 0 Å². The fourth-order valence-electron chi connectivity index (χ4n) is 2.70. The van der Waals surface area contributed by atoms with E-state index in [1.165, 1.54) is 16.0 Å². The Hall–Kier alpha value is -1.65. The number of nitrogens with one attached hydrogen (secondary N) is 1. The van der Waals surface area contributed by atoms with Crippen molar-refractivity contribution in [1.82, 2.24) is 14.9 Å². The summed E-state index contributed by atoms with van der Waals surface area (Å²) in [6, 6.07) is 10.9. The highest BCUT2D eigenvalue weighted by atomic mass is 32.1. The minimum atomic E-state index is 0.341. The van der Waals surface area contributed by atoms with Crippen LogP contribution in [0.5, 0.6) is 0 Å². The third kappa shape index (κ3) is 3.01. The summed E-state index contributed by atoms with van der Waals surface area (Å²) in [6.07, 6.45) is 3.09. The van der Waals surface area contributed by atoms with Crippen LogP contribution < -0.4 is 5.32 Å². The molecule has 1 atom stereocenters. The predicted molar refractivity (Wildman–Crippen MR) is 89.8 cm³/mol. The van der Waals surface area contributed by atoms with Crippen LogP contribution in [0.15, 0.2) is 42.0 Å². The van der Waals surface area contributed by atoms with E-state index in [2.05, 4.69) is 58.4 Å². The van der Waals surface area contributed by atoms with Crippen LogP contribution in [0.25, 0.3) is 11.0 Å². The van der Waals surface area contributed by atoms with Gasteiger partial charge in [0, 0.05) is 11.4 Å². The van der Waals surface area contributed by atoms with Gasteiger partial charge in [-0.15, -0.1) is 11.3 Å². The molecule has 4 heteroatoms. The summed E-state index contributed by atoms with van der Waals surface area (Å²) in [5, 5.41) is 5.85. The summed E-state index contributed by atoms with van der Waals surface area (Å²) in [5.74, 6) is 0. The predicted octanol–water partition coefficient (Wildman–Crippen LogP) is 4.15. The van der Waals surface area contributed by atoms with Crippen LogP contribution in [-0.2, 0) is 6.54 Å². The second-order valence-corrected chi connectivity index (χ2v) is 6.44. The van der Waals surface area contributed by atoms with Crippen molar-refractivity contribution in [3.05, 3.63) is 52.5 Å². The van der Waals surface area contributed by atoms with Gasteiger partial charge in [-0.2, -0.15) is 0 Å². The molecule has 0 saturated heterocycles. The largest absolute Gasteiger partial charge is 0.329 e. The molecule has 3 nitrogen and oxygen atoms in total. The molecule has 3 aromatic rings. The van der Waals surface area contributed by atoms with E-state index in [9.17, 15) is 0 Å². The van der Waals surface area contributed by atoms with E-state index in [4.69, 9.17) is 0 Å². The molecule has 0 radical (unpaired) electrons. The third-order valence-corrected chi connectivity index (χ3v) is 4.68. The topological polar surface area (TPSA) is 29.9 Å². The Balaban J connectivity index is 1.89. The van der Waals surface area contributed by atoms with E-state index >= 15 is 0 Å². The van der Waals surface area contributed by atoms with Gasteiger partial charge in [0.1, 0.15) is 0 Å². The summed E-state index contributed by atoms with van der Waals surface area (Å²) in [7, 11) is 0. The van der Waals surface area contributed by atoms with E-state index in [0.717, 1.165) is 25.0 Å². The summed E-state index contributed by atoms with van der Waals surface area (Å²) < 4.78 is 2.25. The molecule has 0 bridgehead atoms. The molecule has 2 aromatic heterocycles. The molecule has 21 heavy (non-hydrogen) atoms. The van der Waals surface area contributed by atoms with Crippen LogP contribution in [-0.4, -0.2) is 16.1 Å². The van der Waals surface area contributed by atoms with Gasteiger partial charge in [0.2, 0.25) is 0 Å². The van der Waals surface area contributed by atoms with Gasteiger partial charge in [-0.25, -0.2) is 4.98 Å². The maximum atomic E-state index is 4.49. The quantitative estimate of drug-likeness (QED) is 0.741. The second kappa shape index (κ2) is 6.41. The van der Waals surface area contributed by atoms with Gasteiger partial charge >= 0.3 is 0 Å². The number of para-hydroxylation sites is 2. The fraction of sp³-hybridized carbons (Fsp3) is 0.353. The normalized spacial score (nSPS) is 12.9. The first-order chi connectivity index (χ1) is 10.3. The standard InChI is InChI=1S/C17H21N3S/c1-3-9-18-16(14-8-10-21-13(14)2)11-20-12-19-15-6-4-5-7-17(15)20/h4-8,10,12,16,18H,3,9,11H2,1-2H3. The second-order valence-electron chi connectivity index (χ2n) is 5.32. The van der Waals surface area contributed by atoms with Crippen molar-refractivity contribution in [1.29, 1.82) is 0 Å². The van der Waals surface area contributed by atoms with Crippen molar-refractivity contribution < 1.29 is 0 Å². The van der Waals surface area contributed by atoms with E-state index in [1.807, 2.05) is 23.7 Å². The van der Waals surface area contributed by atoms with Gasteiger partial charge in [-0.05, 0) is 49.0 Å². The molecule has 0 aliphatic heterocycles. The highest BCUT2D eigenvalue weighted by Crippen LogP contribution is 2.25. The zero-order chi connectivity index (χ0) is 14.7. The number of aryl methyl sites for hydroxylation is 1. The summed E-state index contributed by atoms with van der Waals surface area (Å²) in [5.41, 5.74) is 3.67. The number of nitrogens with zero attached hydrogens (tertiary/aromatic N) is 2. The number of benzene rings is 1. The van der Waals surface area contributed by atoms with E-state index in [0.29, 0.717) is 6.04 Å². The lowest BCUT2D eigenvalue weighted by Crippen LogP contribution is -2.26. The molecular formula is C17H21N3S. The van der Waals surface area contributed by atoms with E-state index in [-0.39, 0.29) is 0 Å². The molecule has 1 aromatic carbocycles. The van der Waals surface area contributed by atoms with Crippen LogP contribution in [0, 0.1) is 6.92 Å². The number of hydrogen-bond acceptors (Lipinski definition) is 3. The zero-order valence-corrected chi connectivity index (χ0v) is 13.4. The van der Waals surface area contributed by atoms with Crippen LogP contribution in [0.3, 0.4) is 0 Å². The van der Waals surface area contributed by atoms with Crippen molar-refractivity contribution in [2.45, 2.75) is 32.9 Å². The average molecular weight is 299 g/mol. The lowest BCUT2D eigenvalue weighted by Gasteiger charge is -2.20. The minimum Gasteiger partial charge on any atom is -0.329 e. The van der Waals surface area contributed by atoms with Gasteiger partial charge in [0.05, 0.1) is 23.4 Å². The van der Waals surface area contributed by atoms with E-state index in [1.54, 1.807) is 0 Å². The highest BCUT2D eigenvalue weighted by molar-refractivity contribution is 7.10. The van der Waals surface area contributed by atoms with E-state index < -0.39 is 0 Å². The molecule has 110 valence electrons. The van der Waals surface area contributed by atoms with Crippen molar-refractivity contribution >= 4 is 22.4 Å². The number of fused-ring (bicyclic) bond motifs is 1. The van der Waals surface area contributed by atoms with Crippen molar-refractivity contribution in [3.8, 4) is 0 Å². The number of thiophene rings is 1. The lowest BCUT2D eigenvalue weighted by molar-refractivity contribution is 0.468. The molecule has 3 rings (SSSR count). The maximum absolute atomic E-state index is 4.49. The molecule has 0 aliphatic rings. The maximum Gasteiger partial charge on any atom is 0.0958 e. The summed E-state index contributed by atoms with van der Waals surface area (Å²) in [6.45, 7) is 6.36. The fourth-order valence-corrected chi connectivity index (χ4v) is 3.47. The summed E-state index contributed by atoms with van der Waals surface area (Å²) >= 11 is 1.82. The van der Waals surface area contributed by atoms with Crippen LogP contribution in [0.2, 0.25) is 0 Å². The zero-order valence-electron chi connectivity index (χ0n) is 12.5. The molecule has 1 unspecified atom stereocenters. The number of rotatable bonds is 6. The Morgan fingerprint density at radius 3 is 2.90 bits per heavy atom. The number of imidazole rings is 1. The molecule has 0 fully saturated rings. The molecule has 0 spiro atoms. The lowest BCUT2D eigenvalue weighted by atomic mass is 10.1. The Labute approximate surface area is 129 Å². The molecular weight excluding hydrogens is 278 g/mol. The van der Waals surface area contributed by atoms with Gasteiger partial charge in [-0.1, -0.05) is 19.1 Å². The van der Waals surface area contributed by atoms with Gasteiger partial charge in [0.25, 0.3) is 0 Å². The Kier molecular flexibility index (Phi) is 4.36. The monoisotopic (exact) mass is 299 g/mol. The van der Waals surface area contributed by atoms with Gasteiger partial charge in [0.15, 0.2) is 0 Å². The minimum absolute atomic E-state index is 0.341. The first-order valence-electron chi connectivity index (χ1n) is 7.47. The van der Waals surface area contributed by atoms with Crippen molar-refractivity contribution in [3.63, 3.8) is 0 Å². The number of hydrogen-bond donors (Lipinski definition) is 1. The van der Waals surface area contributed by atoms with Crippen LogP contribution in [0.1, 0.15) is 29.8 Å². The Morgan fingerprint density at radius 1 is 1.29 bits per heavy atom. The molecule has 0 amide bonds. The van der Waals surface area contributed by atoms with Crippen molar-refractivity contribution in [2.75, 3.05) is 6.54 Å². The highest BCUT2D eigenvalue weighted by Gasteiger charge is 2.15. The first-order valence-corrected chi connectivity index (χ1v) is 8.34. The Morgan fingerprint density at radius 2 is 2.14 bits per heavy atom. The van der Waals surface area contributed by atoms with Crippen LogP contribution >= 0.6 is 11.3 Å². The molecule has 0 saturated carbocycles. The van der Waals surface area contributed by atoms with Crippen molar-refractivity contribution in [2.24, 2.45) is 0 Å². The summed E-state index contributed by atoms with van der Waals surface area (Å²) in [4.78, 5) is 5.89. The number of aromatic nitrogens is 2. The van der Waals surface area contributed by atoms with Gasteiger partial charge < -0.3 is 9.88 Å².